The molecule has 6 heteroatoms. The van der Waals surface area contributed by atoms with Crippen LogP contribution < -0.4 is 5.32 Å². The van der Waals surface area contributed by atoms with Crippen molar-refractivity contribution in [2.45, 2.75) is 51.7 Å². The van der Waals surface area contributed by atoms with Crippen LogP contribution in [0.5, 0.6) is 0 Å². The van der Waals surface area contributed by atoms with Gasteiger partial charge in [0.1, 0.15) is 6.04 Å². The molecule has 0 saturated carbocycles. The predicted molar refractivity (Wildman–Crippen MR) is 79.9 cm³/mol. The zero-order valence-electron chi connectivity index (χ0n) is 13.4. The minimum absolute atomic E-state index is 0.0460. The Morgan fingerprint density at radius 2 is 2.10 bits per heavy atom. The number of nitrogens with one attached hydrogen (secondary N) is 1. The van der Waals surface area contributed by atoms with Crippen LogP contribution in [0.1, 0.15) is 39.5 Å². The van der Waals surface area contributed by atoms with Gasteiger partial charge in [0.15, 0.2) is 0 Å². The van der Waals surface area contributed by atoms with E-state index >= 15 is 0 Å². The first-order valence-corrected chi connectivity index (χ1v) is 7.74. The third-order valence-corrected chi connectivity index (χ3v) is 3.53. The van der Waals surface area contributed by atoms with Crippen LogP contribution in [0.2, 0.25) is 0 Å². The number of hydrogen-bond donors (Lipinski definition) is 1. The Kier molecular flexibility index (Phi) is 8.30. The molecule has 1 N–H and O–H groups in total. The van der Waals surface area contributed by atoms with Gasteiger partial charge in [0.2, 0.25) is 5.91 Å². The largest absolute Gasteiger partial charge is 0.468 e. The lowest BCUT2D eigenvalue weighted by atomic mass is 10.0. The number of amides is 1. The van der Waals surface area contributed by atoms with Crippen LogP contribution in [-0.4, -0.2) is 62.3 Å². The number of piperidine rings is 1. The van der Waals surface area contributed by atoms with E-state index in [0.717, 1.165) is 32.2 Å². The van der Waals surface area contributed by atoms with Crippen LogP contribution in [0.25, 0.3) is 0 Å². The highest BCUT2D eigenvalue weighted by atomic mass is 16.5. The SMILES string of the molecule is COC(=O)C1CCCCN1CC(=O)NCCCOC(C)C. The zero-order chi connectivity index (χ0) is 15.7. The molecule has 0 aromatic rings. The number of methoxy groups -OCH3 is 1. The maximum Gasteiger partial charge on any atom is 0.323 e. The standard InChI is InChI=1S/C15H28N2O4/c1-12(2)21-10-6-8-16-14(18)11-17-9-5-4-7-13(17)15(19)20-3/h12-13H,4-11H2,1-3H3,(H,16,18). The molecule has 21 heavy (non-hydrogen) atoms. The monoisotopic (exact) mass is 300 g/mol. The van der Waals surface area contributed by atoms with Crippen LogP contribution in [-0.2, 0) is 19.1 Å². The fourth-order valence-electron chi connectivity index (χ4n) is 2.44. The van der Waals surface area contributed by atoms with Crippen molar-refractivity contribution in [2.75, 3.05) is 33.4 Å². The quantitative estimate of drug-likeness (QED) is 0.534. The second kappa shape index (κ2) is 9.73. The van der Waals surface area contributed by atoms with Crippen LogP contribution in [0, 0.1) is 0 Å². The van der Waals surface area contributed by atoms with Gasteiger partial charge in [-0.25, -0.2) is 0 Å². The molecule has 1 aliphatic heterocycles. The first kappa shape index (κ1) is 17.9. The van der Waals surface area contributed by atoms with Crippen LogP contribution in [0.4, 0.5) is 0 Å². The number of rotatable bonds is 8. The zero-order valence-corrected chi connectivity index (χ0v) is 13.4. The first-order chi connectivity index (χ1) is 10.0. The van der Waals surface area contributed by atoms with Gasteiger partial charge < -0.3 is 14.8 Å². The molecule has 6 nitrogen and oxygen atoms in total. The van der Waals surface area contributed by atoms with Gasteiger partial charge in [-0.2, -0.15) is 0 Å². The van der Waals surface area contributed by atoms with Crippen molar-refractivity contribution >= 4 is 11.9 Å². The fourth-order valence-corrected chi connectivity index (χ4v) is 2.44. The Bertz CT molecular complexity index is 334. The molecule has 0 aliphatic carbocycles. The van der Waals surface area contributed by atoms with Crippen molar-refractivity contribution in [3.05, 3.63) is 0 Å². The highest BCUT2D eigenvalue weighted by Gasteiger charge is 2.30. The molecule has 1 fully saturated rings. The van der Waals surface area contributed by atoms with E-state index in [-0.39, 0.29) is 30.6 Å². The molecule has 0 spiro atoms. The fraction of sp³-hybridized carbons (Fsp3) is 0.867. The van der Waals surface area contributed by atoms with Crippen LogP contribution in [0.15, 0.2) is 0 Å². The molecule has 0 aromatic carbocycles. The maximum atomic E-state index is 11.9. The molecule has 1 aliphatic rings. The van der Waals surface area contributed by atoms with Crippen molar-refractivity contribution in [3.8, 4) is 0 Å². The summed E-state index contributed by atoms with van der Waals surface area (Å²) < 4.78 is 10.2. The highest BCUT2D eigenvalue weighted by molar-refractivity contribution is 5.80. The van der Waals surface area contributed by atoms with Gasteiger partial charge in [0, 0.05) is 13.2 Å². The number of ether oxygens (including phenoxy) is 2. The summed E-state index contributed by atoms with van der Waals surface area (Å²) in [4.78, 5) is 25.5. The summed E-state index contributed by atoms with van der Waals surface area (Å²) in [5, 5.41) is 2.87. The van der Waals surface area contributed by atoms with E-state index in [1.807, 2.05) is 18.7 Å². The molecule has 1 heterocycles. The summed E-state index contributed by atoms with van der Waals surface area (Å²) >= 11 is 0. The molecular weight excluding hydrogens is 272 g/mol. The Morgan fingerprint density at radius 1 is 1.33 bits per heavy atom. The van der Waals surface area contributed by atoms with Gasteiger partial charge in [-0.05, 0) is 39.7 Å². The van der Waals surface area contributed by atoms with E-state index < -0.39 is 0 Å². The Hall–Kier alpha value is -1.14. The van der Waals surface area contributed by atoms with E-state index in [9.17, 15) is 9.59 Å². The molecule has 0 aromatic heterocycles. The van der Waals surface area contributed by atoms with Crippen molar-refractivity contribution in [1.29, 1.82) is 0 Å². The molecule has 1 atom stereocenters. The maximum absolute atomic E-state index is 11.9. The number of esters is 1. The molecule has 1 amide bonds. The topological polar surface area (TPSA) is 67.9 Å². The number of carbonyl (C=O) groups is 2. The highest BCUT2D eigenvalue weighted by Crippen LogP contribution is 2.17. The second-order valence-corrected chi connectivity index (χ2v) is 5.63. The lowest BCUT2D eigenvalue weighted by Gasteiger charge is -2.32. The van der Waals surface area contributed by atoms with Crippen molar-refractivity contribution in [3.63, 3.8) is 0 Å². The molecule has 1 unspecified atom stereocenters. The summed E-state index contributed by atoms with van der Waals surface area (Å²) in [6, 6.07) is -0.279. The lowest BCUT2D eigenvalue weighted by molar-refractivity contribution is -0.148. The number of nitrogens with zero attached hydrogens (tertiary/aromatic N) is 1. The summed E-state index contributed by atoms with van der Waals surface area (Å²) in [5.41, 5.74) is 0. The van der Waals surface area contributed by atoms with Crippen molar-refractivity contribution in [2.24, 2.45) is 0 Å². The Labute approximate surface area is 127 Å². The number of likely N-dealkylation sites (tertiary alicyclic amines) is 1. The van der Waals surface area contributed by atoms with Crippen molar-refractivity contribution in [1.82, 2.24) is 10.2 Å². The van der Waals surface area contributed by atoms with E-state index in [2.05, 4.69) is 5.32 Å². The molecular formula is C15H28N2O4. The predicted octanol–water partition coefficient (Wildman–Crippen LogP) is 0.945. The molecule has 1 saturated heterocycles. The summed E-state index contributed by atoms with van der Waals surface area (Å²) in [7, 11) is 1.39. The number of carbonyl (C=O) groups excluding carboxylic acids is 2. The second-order valence-electron chi connectivity index (χ2n) is 5.63. The molecule has 0 bridgehead atoms. The minimum Gasteiger partial charge on any atom is -0.468 e. The van der Waals surface area contributed by atoms with Gasteiger partial charge in [-0.15, -0.1) is 0 Å². The lowest BCUT2D eigenvalue weighted by Crippen LogP contribution is -2.49. The van der Waals surface area contributed by atoms with Crippen LogP contribution >= 0.6 is 0 Å². The third kappa shape index (κ3) is 6.91. The summed E-state index contributed by atoms with van der Waals surface area (Å²) in [6.45, 7) is 6.24. The van der Waals surface area contributed by atoms with Gasteiger partial charge in [0.05, 0.1) is 19.8 Å². The molecule has 1 rings (SSSR count). The van der Waals surface area contributed by atoms with Crippen LogP contribution in [0.3, 0.4) is 0 Å². The Morgan fingerprint density at radius 3 is 2.76 bits per heavy atom. The van der Waals surface area contributed by atoms with E-state index in [0.29, 0.717) is 13.2 Å². The smallest absolute Gasteiger partial charge is 0.323 e. The summed E-state index contributed by atoms with van der Waals surface area (Å²) in [5.74, 6) is -0.289. The number of hydrogen-bond acceptors (Lipinski definition) is 5. The summed E-state index contributed by atoms with van der Waals surface area (Å²) in [6.07, 6.45) is 3.80. The third-order valence-electron chi connectivity index (χ3n) is 3.53. The first-order valence-electron chi connectivity index (χ1n) is 7.74. The van der Waals surface area contributed by atoms with Gasteiger partial charge in [-0.3, -0.25) is 14.5 Å². The van der Waals surface area contributed by atoms with E-state index in [4.69, 9.17) is 9.47 Å². The van der Waals surface area contributed by atoms with E-state index in [1.54, 1.807) is 0 Å². The average molecular weight is 300 g/mol. The van der Waals surface area contributed by atoms with Crippen molar-refractivity contribution < 1.29 is 19.1 Å². The van der Waals surface area contributed by atoms with Gasteiger partial charge >= 0.3 is 5.97 Å². The minimum atomic E-state index is -0.279. The van der Waals surface area contributed by atoms with Gasteiger partial charge in [-0.1, -0.05) is 6.42 Å². The molecule has 122 valence electrons. The van der Waals surface area contributed by atoms with E-state index in [1.165, 1.54) is 7.11 Å². The molecule has 0 radical (unpaired) electrons. The Balaban J connectivity index is 2.26. The average Bonchev–Trinajstić information content (AvgIpc) is 2.46. The van der Waals surface area contributed by atoms with Gasteiger partial charge in [0.25, 0.3) is 0 Å². The normalized spacial score (nSPS) is 19.5.